The van der Waals surface area contributed by atoms with Gasteiger partial charge in [0.25, 0.3) is 5.91 Å². The molecule has 2 aromatic rings. The second-order valence-corrected chi connectivity index (χ2v) is 6.49. The molecule has 138 valence electrons. The zero-order valence-electron chi connectivity index (χ0n) is 15.6. The Labute approximate surface area is 155 Å². The highest BCUT2D eigenvalue weighted by molar-refractivity contribution is 5.92. The molecule has 1 aliphatic rings. The molecule has 6 heteroatoms. The van der Waals surface area contributed by atoms with Crippen LogP contribution in [0, 0.1) is 0 Å². The molecule has 1 aromatic heterocycles. The molecule has 0 saturated carbocycles. The van der Waals surface area contributed by atoms with Crippen LogP contribution in [0.2, 0.25) is 0 Å². The molecule has 1 amide bonds. The van der Waals surface area contributed by atoms with Crippen LogP contribution in [-0.2, 0) is 6.54 Å². The Morgan fingerprint density at radius 3 is 2.38 bits per heavy atom. The molecule has 0 atom stereocenters. The fourth-order valence-corrected chi connectivity index (χ4v) is 3.29. The molecule has 26 heavy (non-hydrogen) atoms. The van der Waals surface area contributed by atoms with Crippen molar-refractivity contribution in [2.75, 3.05) is 44.2 Å². The fraction of sp³-hybridized carbons (Fsp3) is 0.450. The van der Waals surface area contributed by atoms with E-state index in [0.29, 0.717) is 18.8 Å². The number of piperazine rings is 1. The van der Waals surface area contributed by atoms with Crippen molar-refractivity contribution < 1.29 is 4.79 Å². The van der Waals surface area contributed by atoms with E-state index in [-0.39, 0.29) is 5.91 Å². The lowest BCUT2D eigenvalue weighted by Gasteiger charge is -2.35. The molecule has 0 unspecified atom stereocenters. The fourth-order valence-electron chi connectivity index (χ4n) is 3.29. The lowest BCUT2D eigenvalue weighted by atomic mass is 10.2. The van der Waals surface area contributed by atoms with Gasteiger partial charge in [0.1, 0.15) is 17.8 Å². The third-order valence-electron chi connectivity index (χ3n) is 4.87. The van der Waals surface area contributed by atoms with Crippen LogP contribution in [0.5, 0.6) is 0 Å². The maximum absolute atomic E-state index is 12.5. The molecule has 2 heterocycles. The minimum atomic E-state index is -0.0265. The van der Waals surface area contributed by atoms with Gasteiger partial charge >= 0.3 is 0 Å². The van der Waals surface area contributed by atoms with Crippen molar-refractivity contribution in [3.05, 3.63) is 54.0 Å². The first kappa shape index (κ1) is 18.3. The number of carbonyl (C=O) groups is 1. The van der Waals surface area contributed by atoms with Gasteiger partial charge in [-0.05, 0) is 19.4 Å². The molecule has 1 saturated heterocycles. The molecule has 3 rings (SSSR count). The van der Waals surface area contributed by atoms with Crippen LogP contribution in [0.3, 0.4) is 0 Å². The summed E-state index contributed by atoms with van der Waals surface area (Å²) >= 11 is 0. The average Bonchev–Trinajstić information content (AvgIpc) is 2.70. The van der Waals surface area contributed by atoms with E-state index in [9.17, 15) is 4.79 Å². The first-order valence-electron chi connectivity index (χ1n) is 9.33. The molecule has 0 spiro atoms. The van der Waals surface area contributed by atoms with Crippen molar-refractivity contribution in [1.82, 2.24) is 19.8 Å². The number of aromatic nitrogens is 2. The van der Waals surface area contributed by atoms with Gasteiger partial charge in [0.15, 0.2) is 0 Å². The summed E-state index contributed by atoms with van der Waals surface area (Å²) in [5.41, 5.74) is 1.82. The molecule has 1 fully saturated rings. The predicted octanol–water partition coefficient (Wildman–Crippen LogP) is 2.28. The molecule has 0 bridgehead atoms. The lowest BCUT2D eigenvalue weighted by Crippen LogP contribution is -2.46. The predicted molar refractivity (Wildman–Crippen MR) is 103 cm³/mol. The smallest absolute Gasteiger partial charge is 0.272 e. The van der Waals surface area contributed by atoms with Gasteiger partial charge in [-0.25, -0.2) is 9.97 Å². The topological polar surface area (TPSA) is 52.6 Å². The number of rotatable bonds is 6. The number of amides is 1. The molecule has 0 aliphatic carbocycles. The standard InChI is InChI=1S/C20H27N5O/c1-3-24(4-2)20(26)18-14-19(22-16-21-18)25-12-10-23(11-13-25)15-17-8-6-5-7-9-17/h5-9,14,16H,3-4,10-13,15H2,1-2H3. The van der Waals surface area contributed by atoms with Crippen LogP contribution in [0.15, 0.2) is 42.7 Å². The van der Waals surface area contributed by atoms with Gasteiger partial charge in [-0.3, -0.25) is 9.69 Å². The monoisotopic (exact) mass is 353 g/mol. The second-order valence-electron chi connectivity index (χ2n) is 6.49. The van der Waals surface area contributed by atoms with Crippen molar-refractivity contribution >= 4 is 11.7 Å². The molecule has 6 nitrogen and oxygen atoms in total. The summed E-state index contributed by atoms with van der Waals surface area (Å²) in [4.78, 5) is 27.6. The summed E-state index contributed by atoms with van der Waals surface area (Å²) in [6, 6.07) is 12.4. The number of benzene rings is 1. The third kappa shape index (κ3) is 4.38. The molecule has 0 radical (unpaired) electrons. The highest BCUT2D eigenvalue weighted by atomic mass is 16.2. The first-order valence-corrected chi connectivity index (χ1v) is 9.33. The minimum absolute atomic E-state index is 0.0265. The van der Waals surface area contributed by atoms with Gasteiger partial charge in [0.05, 0.1) is 0 Å². The van der Waals surface area contributed by atoms with Crippen LogP contribution in [0.25, 0.3) is 0 Å². The minimum Gasteiger partial charge on any atom is -0.354 e. The van der Waals surface area contributed by atoms with Gasteiger partial charge in [-0.2, -0.15) is 0 Å². The van der Waals surface area contributed by atoms with Gasteiger partial charge in [-0.1, -0.05) is 30.3 Å². The number of nitrogens with zero attached hydrogens (tertiary/aromatic N) is 5. The number of anilines is 1. The largest absolute Gasteiger partial charge is 0.354 e. The van der Waals surface area contributed by atoms with E-state index >= 15 is 0 Å². The van der Waals surface area contributed by atoms with Gasteiger partial charge < -0.3 is 9.80 Å². The number of hydrogen-bond donors (Lipinski definition) is 0. The lowest BCUT2D eigenvalue weighted by molar-refractivity contribution is 0.0767. The Morgan fingerprint density at radius 2 is 1.73 bits per heavy atom. The number of carbonyl (C=O) groups excluding carboxylic acids is 1. The van der Waals surface area contributed by atoms with E-state index in [1.54, 1.807) is 4.90 Å². The normalized spacial score (nSPS) is 15.1. The quantitative estimate of drug-likeness (QED) is 0.797. The summed E-state index contributed by atoms with van der Waals surface area (Å²) in [5, 5.41) is 0. The Bertz CT molecular complexity index is 709. The molecule has 1 aromatic carbocycles. The van der Waals surface area contributed by atoms with E-state index < -0.39 is 0 Å². The van der Waals surface area contributed by atoms with E-state index in [1.807, 2.05) is 26.0 Å². The Morgan fingerprint density at radius 1 is 1.04 bits per heavy atom. The summed E-state index contributed by atoms with van der Waals surface area (Å²) in [6.07, 6.45) is 1.50. The van der Waals surface area contributed by atoms with Crippen LogP contribution in [0.4, 0.5) is 5.82 Å². The van der Waals surface area contributed by atoms with Crippen molar-refractivity contribution in [1.29, 1.82) is 0 Å². The second kappa shape index (κ2) is 8.76. The zero-order chi connectivity index (χ0) is 18.4. The highest BCUT2D eigenvalue weighted by Gasteiger charge is 2.20. The van der Waals surface area contributed by atoms with Crippen molar-refractivity contribution in [3.63, 3.8) is 0 Å². The van der Waals surface area contributed by atoms with E-state index in [2.05, 4.69) is 44.0 Å². The Kier molecular flexibility index (Phi) is 6.17. The number of hydrogen-bond acceptors (Lipinski definition) is 5. The third-order valence-corrected chi connectivity index (χ3v) is 4.87. The van der Waals surface area contributed by atoms with Gasteiger partial charge in [-0.15, -0.1) is 0 Å². The van der Waals surface area contributed by atoms with Crippen LogP contribution >= 0.6 is 0 Å². The van der Waals surface area contributed by atoms with Gasteiger partial charge in [0.2, 0.25) is 0 Å². The Balaban J connectivity index is 1.61. The van der Waals surface area contributed by atoms with Crippen molar-refractivity contribution in [2.45, 2.75) is 20.4 Å². The molecule has 1 aliphatic heterocycles. The summed E-state index contributed by atoms with van der Waals surface area (Å²) in [6.45, 7) is 10.1. The Hall–Kier alpha value is -2.47. The average molecular weight is 353 g/mol. The molecular formula is C20H27N5O. The summed E-state index contributed by atoms with van der Waals surface area (Å²) < 4.78 is 0. The highest BCUT2D eigenvalue weighted by Crippen LogP contribution is 2.16. The maximum Gasteiger partial charge on any atom is 0.272 e. The van der Waals surface area contributed by atoms with E-state index in [4.69, 9.17) is 0 Å². The van der Waals surface area contributed by atoms with E-state index in [0.717, 1.165) is 38.5 Å². The van der Waals surface area contributed by atoms with Crippen LogP contribution in [-0.4, -0.2) is 64.9 Å². The maximum atomic E-state index is 12.5. The summed E-state index contributed by atoms with van der Waals surface area (Å²) in [7, 11) is 0. The SMILES string of the molecule is CCN(CC)C(=O)c1cc(N2CCN(Cc3ccccc3)CC2)ncn1. The van der Waals surface area contributed by atoms with E-state index in [1.165, 1.54) is 11.9 Å². The molecular weight excluding hydrogens is 326 g/mol. The zero-order valence-corrected chi connectivity index (χ0v) is 15.6. The van der Waals surface area contributed by atoms with Crippen molar-refractivity contribution in [3.8, 4) is 0 Å². The van der Waals surface area contributed by atoms with Crippen LogP contribution < -0.4 is 4.90 Å². The van der Waals surface area contributed by atoms with Gasteiger partial charge in [0, 0.05) is 51.9 Å². The molecule has 0 N–H and O–H groups in total. The van der Waals surface area contributed by atoms with Crippen LogP contribution in [0.1, 0.15) is 29.9 Å². The summed E-state index contributed by atoms with van der Waals surface area (Å²) in [5.74, 6) is 0.816. The first-order chi connectivity index (χ1) is 12.7. The van der Waals surface area contributed by atoms with Crippen molar-refractivity contribution in [2.24, 2.45) is 0 Å².